The van der Waals surface area contributed by atoms with Crippen LogP contribution in [0.1, 0.15) is 11.1 Å². The molecule has 8 heteroatoms. The van der Waals surface area contributed by atoms with Crippen molar-refractivity contribution in [3.63, 3.8) is 0 Å². The van der Waals surface area contributed by atoms with Gasteiger partial charge in [0.05, 0.1) is 11.4 Å². The van der Waals surface area contributed by atoms with Gasteiger partial charge >= 0.3 is 6.03 Å². The molecule has 0 radical (unpaired) electrons. The molecule has 3 aromatic carbocycles. The van der Waals surface area contributed by atoms with Gasteiger partial charge in [-0.2, -0.15) is 0 Å². The van der Waals surface area contributed by atoms with Crippen molar-refractivity contribution in [3.05, 3.63) is 95.8 Å². The van der Waals surface area contributed by atoms with Crippen LogP contribution in [0.2, 0.25) is 0 Å². The fourth-order valence-corrected chi connectivity index (χ4v) is 3.62. The number of rotatable bonds is 6. The molecule has 0 spiro atoms. The molecule has 7 nitrogen and oxygen atoms in total. The van der Waals surface area contributed by atoms with Crippen LogP contribution in [0, 0.1) is 5.82 Å². The molecule has 0 bridgehead atoms. The molecule has 2 N–H and O–H groups in total. The number of carbonyl (C=O) groups excluding carboxylic acids is 3. The Hall–Kier alpha value is -4.20. The molecular formula is C25H23FN4O3. The average molecular weight is 446 g/mol. The minimum absolute atomic E-state index is 0.0171. The third-order valence-electron chi connectivity index (χ3n) is 5.33. The first-order chi connectivity index (χ1) is 16.0. The Morgan fingerprint density at radius 1 is 0.818 bits per heavy atom. The molecule has 0 unspecified atom stereocenters. The van der Waals surface area contributed by atoms with Gasteiger partial charge in [0.2, 0.25) is 11.8 Å². The van der Waals surface area contributed by atoms with E-state index in [9.17, 15) is 18.8 Å². The van der Waals surface area contributed by atoms with Crippen molar-refractivity contribution in [2.75, 3.05) is 22.9 Å². The van der Waals surface area contributed by atoms with Gasteiger partial charge in [-0.1, -0.05) is 60.7 Å². The minimum atomic E-state index is -0.427. The van der Waals surface area contributed by atoms with E-state index in [0.29, 0.717) is 23.5 Å². The van der Waals surface area contributed by atoms with Crippen LogP contribution in [-0.2, 0) is 22.7 Å². The first kappa shape index (κ1) is 22.0. The molecule has 0 aromatic heterocycles. The quantitative estimate of drug-likeness (QED) is 0.610. The van der Waals surface area contributed by atoms with Gasteiger partial charge in [-0.3, -0.25) is 19.4 Å². The van der Waals surface area contributed by atoms with E-state index >= 15 is 0 Å². The molecule has 0 saturated carbocycles. The molecule has 0 fully saturated rings. The average Bonchev–Trinajstić information content (AvgIpc) is 2.84. The van der Waals surface area contributed by atoms with E-state index < -0.39 is 17.8 Å². The Kier molecular flexibility index (Phi) is 6.64. The highest BCUT2D eigenvalue weighted by Gasteiger charge is 2.33. The summed E-state index contributed by atoms with van der Waals surface area (Å²) in [6.45, 7) is -0.0834. The Labute approximate surface area is 190 Å². The van der Waals surface area contributed by atoms with Gasteiger partial charge in [-0.05, 0) is 23.8 Å². The number of nitrogens with zero attached hydrogens (tertiary/aromatic N) is 2. The second kappa shape index (κ2) is 9.95. The molecule has 33 heavy (non-hydrogen) atoms. The van der Waals surface area contributed by atoms with Crippen LogP contribution in [0.25, 0.3) is 0 Å². The van der Waals surface area contributed by atoms with E-state index in [2.05, 4.69) is 10.6 Å². The standard InChI is InChI=1S/C25H23FN4O3/c26-20-11-5-4-10-19(20)15-27-23(31)16-29-21-12-6-7-13-22(21)30(17-24(29)32)25(33)28-14-18-8-2-1-3-9-18/h1-13H,14-17H2,(H,27,31)(H,28,33). The number of amides is 4. The summed E-state index contributed by atoms with van der Waals surface area (Å²) < 4.78 is 13.8. The number of carbonyl (C=O) groups is 3. The predicted molar refractivity (Wildman–Crippen MR) is 123 cm³/mol. The second-order valence-corrected chi connectivity index (χ2v) is 7.57. The van der Waals surface area contributed by atoms with E-state index in [0.717, 1.165) is 5.56 Å². The lowest BCUT2D eigenvalue weighted by Gasteiger charge is -2.35. The van der Waals surface area contributed by atoms with E-state index in [4.69, 9.17) is 0 Å². The van der Waals surface area contributed by atoms with Crippen molar-refractivity contribution in [3.8, 4) is 0 Å². The van der Waals surface area contributed by atoms with Gasteiger partial charge in [0, 0.05) is 18.7 Å². The lowest BCUT2D eigenvalue weighted by atomic mass is 10.1. The monoisotopic (exact) mass is 446 g/mol. The Bertz CT molecular complexity index is 1170. The molecule has 1 aliphatic heterocycles. The Balaban J connectivity index is 1.44. The van der Waals surface area contributed by atoms with Crippen molar-refractivity contribution < 1.29 is 18.8 Å². The van der Waals surface area contributed by atoms with Crippen molar-refractivity contribution in [1.82, 2.24) is 10.6 Å². The zero-order chi connectivity index (χ0) is 23.2. The minimum Gasteiger partial charge on any atom is -0.350 e. The molecule has 3 aromatic rings. The highest BCUT2D eigenvalue weighted by molar-refractivity contribution is 6.12. The molecule has 1 aliphatic rings. The van der Waals surface area contributed by atoms with Crippen molar-refractivity contribution in [2.24, 2.45) is 0 Å². The highest BCUT2D eigenvalue weighted by atomic mass is 19.1. The van der Waals surface area contributed by atoms with Crippen LogP contribution in [0.15, 0.2) is 78.9 Å². The maximum atomic E-state index is 13.8. The SMILES string of the molecule is O=C(CN1C(=O)CN(C(=O)NCc2ccccc2)c2ccccc21)NCc1ccccc1F. The lowest BCUT2D eigenvalue weighted by Crippen LogP contribution is -2.53. The molecule has 0 aliphatic carbocycles. The number of anilines is 2. The molecular weight excluding hydrogens is 423 g/mol. The normalized spacial score (nSPS) is 12.8. The number of benzene rings is 3. The van der Waals surface area contributed by atoms with Gasteiger partial charge in [-0.25, -0.2) is 9.18 Å². The van der Waals surface area contributed by atoms with Crippen LogP contribution >= 0.6 is 0 Å². The highest BCUT2D eigenvalue weighted by Crippen LogP contribution is 2.33. The van der Waals surface area contributed by atoms with Crippen LogP contribution in [-0.4, -0.2) is 30.9 Å². The molecule has 4 amide bonds. The van der Waals surface area contributed by atoms with Gasteiger partial charge in [0.1, 0.15) is 18.9 Å². The van der Waals surface area contributed by atoms with Crippen LogP contribution in [0.5, 0.6) is 0 Å². The Morgan fingerprint density at radius 3 is 2.24 bits per heavy atom. The first-order valence-corrected chi connectivity index (χ1v) is 10.5. The van der Waals surface area contributed by atoms with E-state index in [-0.39, 0.29) is 25.5 Å². The third kappa shape index (κ3) is 5.17. The summed E-state index contributed by atoms with van der Waals surface area (Å²) in [5.41, 5.74) is 2.29. The number of urea groups is 1. The Morgan fingerprint density at radius 2 is 1.48 bits per heavy atom. The van der Waals surface area contributed by atoms with E-state index in [1.807, 2.05) is 30.3 Å². The summed E-state index contributed by atoms with van der Waals surface area (Å²) in [6.07, 6.45) is 0. The summed E-state index contributed by atoms with van der Waals surface area (Å²) in [4.78, 5) is 40.9. The number of fused-ring (bicyclic) bond motifs is 1. The molecule has 0 saturated heterocycles. The number of hydrogen-bond acceptors (Lipinski definition) is 3. The molecule has 1 heterocycles. The maximum absolute atomic E-state index is 13.8. The summed E-state index contributed by atoms with van der Waals surface area (Å²) in [5, 5.41) is 5.48. The van der Waals surface area contributed by atoms with Crippen LogP contribution in [0.4, 0.5) is 20.6 Å². The zero-order valence-corrected chi connectivity index (χ0v) is 17.8. The topological polar surface area (TPSA) is 81.8 Å². The number of hydrogen-bond donors (Lipinski definition) is 2. The third-order valence-corrected chi connectivity index (χ3v) is 5.33. The van der Waals surface area contributed by atoms with E-state index in [1.54, 1.807) is 42.5 Å². The van der Waals surface area contributed by atoms with Crippen LogP contribution in [0.3, 0.4) is 0 Å². The first-order valence-electron chi connectivity index (χ1n) is 10.5. The van der Waals surface area contributed by atoms with Gasteiger partial charge in [0.25, 0.3) is 0 Å². The molecule has 4 rings (SSSR count). The number of nitrogens with one attached hydrogen (secondary N) is 2. The summed E-state index contributed by atoms with van der Waals surface area (Å²) in [6, 6.07) is 22.2. The maximum Gasteiger partial charge on any atom is 0.322 e. The summed E-state index contributed by atoms with van der Waals surface area (Å²) >= 11 is 0. The summed E-state index contributed by atoms with van der Waals surface area (Å²) in [5.74, 6) is -1.22. The van der Waals surface area contributed by atoms with E-state index in [1.165, 1.54) is 15.9 Å². The molecule has 0 atom stereocenters. The number of para-hydroxylation sites is 2. The fraction of sp³-hybridized carbons (Fsp3) is 0.160. The van der Waals surface area contributed by atoms with Crippen molar-refractivity contribution in [2.45, 2.75) is 13.1 Å². The lowest BCUT2D eigenvalue weighted by molar-refractivity contribution is -0.123. The van der Waals surface area contributed by atoms with Crippen molar-refractivity contribution in [1.29, 1.82) is 0 Å². The smallest absolute Gasteiger partial charge is 0.322 e. The molecule has 168 valence electrons. The van der Waals surface area contributed by atoms with Crippen molar-refractivity contribution >= 4 is 29.2 Å². The van der Waals surface area contributed by atoms with Crippen LogP contribution < -0.4 is 20.4 Å². The largest absolute Gasteiger partial charge is 0.350 e. The van der Waals surface area contributed by atoms with Gasteiger partial charge < -0.3 is 10.6 Å². The van der Waals surface area contributed by atoms with Gasteiger partial charge in [0.15, 0.2) is 0 Å². The fourth-order valence-electron chi connectivity index (χ4n) is 3.62. The zero-order valence-electron chi connectivity index (χ0n) is 17.8. The second-order valence-electron chi connectivity index (χ2n) is 7.57. The predicted octanol–water partition coefficient (Wildman–Crippen LogP) is 3.20. The number of halogens is 1. The van der Waals surface area contributed by atoms with Gasteiger partial charge in [-0.15, -0.1) is 0 Å². The summed E-state index contributed by atoms with van der Waals surface area (Å²) in [7, 11) is 0.